The van der Waals surface area contributed by atoms with Gasteiger partial charge in [-0.1, -0.05) is 6.07 Å². The zero-order chi connectivity index (χ0) is 14.5. The lowest BCUT2D eigenvalue weighted by Gasteiger charge is -2.16. The van der Waals surface area contributed by atoms with Crippen LogP contribution in [0.5, 0.6) is 0 Å². The minimum absolute atomic E-state index is 0.157. The van der Waals surface area contributed by atoms with Gasteiger partial charge in [-0.15, -0.1) is 0 Å². The summed E-state index contributed by atoms with van der Waals surface area (Å²) in [7, 11) is 0. The van der Waals surface area contributed by atoms with Crippen LogP contribution < -0.4 is 10.2 Å². The van der Waals surface area contributed by atoms with Crippen LogP contribution in [0, 0.1) is 0 Å². The van der Waals surface area contributed by atoms with E-state index in [1.54, 1.807) is 30.6 Å². The molecule has 0 bridgehead atoms. The van der Waals surface area contributed by atoms with Crippen molar-refractivity contribution in [2.45, 2.75) is 19.4 Å². The van der Waals surface area contributed by atoms with Gasteiger partial charge < -0.3 is 10.2 Å². The highest BCUT2D eigenvalue weighted by Gasteiger charge is 2.13. The number of aromatic nitrogens is 2. The summed E-state index contributed by atoms with van der Waals surface area (Å²) in [6.07, 6.45) is 5.87. The number of pyridine rings is 2. The minimum atomic E-state index is -0.157. The molecule has 108 valence electrons. The third-order valence-electron chi connectivity index (χ3n) is 3.59. The molecule has 1 fully saturated rings. The third-order valence-corrected chi connectivity index (χ3v) is 3.59. The fraction of sp³-hybridized carbons (Fsp3) is 0.312. The molecule has 1 amide bonds. The van der Waals surface area contributed by atoms with Gasteiger partial charge in [0.05, 0.1) is 0 Å². The lowest BCUT2D eigenvalue weighted by atomic mass is 10.2. The van der Waals surface area contributed by atoms with Crippen molar-refractivity contribution in [2.75, 3.05) is 18.0 Å². The number of amides is 1. The van der Waals surface area contributed by atoms with Gasteiger partial charge in [-0.05, 0) is 42.7 Å². The predicted octanol–water partition coefficient (Wildman–Crippen LogP) is 2.01. The number of hydrogen-bond acceptors (Lipinski definition) is 4. The normalized spacial score (nSPS) is 14.2. The lowest BCUT2D eigenvalue weighted by Crippen LogP contribution is -2.24. The van der Waals surface area contributed by atoms with Gasteiger partial charge in [0.1, 0.15) is 11.5 Å². The Morgan fingerprint density at radius 2 is 2.00 bits per heavy atom. The largest absolute Gasteiger partial charge is 0.357 e. The molecule has 2 aromatic heterocycles. The van der Waals surface area contributed by atoms with E-state index in [9.17, 15) is 4.79 Å². The number of carbonyl (C=O) groups is 1. The van der Waals surface area contributed by atoms with Crippen LogP contribution in [0.4, 0.5) is 5.82 Å². The Labute approximate surface area is 124 Å². The van der Waals surface area contributed by atoms with Crippen LogP contribution in [0.1, 0.15) is 28.9 Å². The number of hydrogen-bond donors (Lipinski definition) is 1. The summed E-state index contributed by atoms with van der Waals surface area (Å²) >= 11 is 0. The van der Waals surface area contributed by atoms with Crippen LogP contribution in [0.2, 0.25) is 0 Å². The van der Waals surface area contributed by atoms with Crippen LogP contribution in [0.15, 0.2) is 42.7 Å². The smallest absolute Gasteiger partial charge is 0.270 e. The van der Waals surface area contributed by atoms with Crippen LogP contribution >= 0.6 is 0 Å². The van der Waals surface area contributed by atoms with E-state index in [1.807, 2.05) is 12.1 Å². The Bertz CT molecular complexity index is 609. The Morgan fingerprint density at radius 1 is 1.14 bits per heavy atom. The lowest BCUT2D eigenvalue weighted by molar-refractivity contribution is 0.0946. The Hall–Kier alpha value is -2.43. The zero-order valence-corrected chi connectivity index (χ0v) is 11.8. The van der Waals surface area contributed by atoms with Gasteiger partial charge in [-0.3, -0.25) is 9.78 Å². The SMILES string of the molecule is O=C(NCc1ccnc(N2CCCC2)c1)c1ccccn1. The maximum atomic E-state index is 12.0. The maximum Gasteiger partial charge on any atom is 0.270 e. The van der Waals surface area contributed by atoms with E-state index >= 15 is 0 Å². The Morgan fingerprint density at radius 3 is 2.76 bits per heavy atom. The highest BCUT2D eigenvalue weighted by Crippen LogP contribution is 2.18. The number of anilines is 1. The van der Waals surface area contributed by atoms with Crippen molar-refractivity contribution < 1.29 is 4.79 Å². The molecule has 1 N–H and O–H groups in total. The van der Waals surface area contributed by atoms with Crippen LogP contribution in [0.3, 0.4) is 0 Å². The molecule has 21 heavy (non-hydrogen) atoms. The summed E-state index contributed by atoms with van der Waals surface area (Å²) in [6, 6.07) is 9.28. The molecule has 1 saturated heterocycles. The molecule has 3 rings (SSSR count). The third kappa shape index (κ3) is 3.37. The van der Waals surface area contributed by atoms with E-state index < -0.39 is 0 Å². The molecule has 0 radical (unpaired) electrons. The van der Waals surface area contributed by atoms with Crippen molar-refractivity contribution in [3.63, 3.8) is 0 Å². The quantitative estimate of drug-likeness (QED) is 0.932. The van der Waals surface area contributed by atoms with Crippen molar-refractivity contribution in [3.05, 3.63) is 54.0 Å². The standard InChI is InChI=1S/C16H18N4O/c21-16(14-5-1-2-7-17-14)19-12-13-6-8-18-15(11-13)20-9-3-4-10-20/h1-2,5-8,11H,3-4,9-10,12H2,(H,19,21). The van der Waals surface area contributed by atoms with Crippen LogP contribution in [-0.4, -0.2) is 29.0 Å². The van der Waals surface area contributed by atoms with Crippen molar-refractivity contribution in [3.8, 4) is 0 Å². The molecule has 0 aromatic carbocycles. The van der Waals surface area contributed by atoms with Gasteiger partial charge in [0, 0.05) is 32.0 Å². The van der Waals surface area contributed by atoms with E-state index in [0.29, 0.717) is 12.2 Å². The second-order valence-electron chi connectivity index (χ2n) is 5.11. The molecule has 1 aliphatic heterocycles. The fourth-order valence-electron chi connectivity index (χ4n) is 2.46. The second kappa shape index (κ2) is 6.35. The number of carbonyl (C=O) groups excluding carboxylic acids is 1. The first-order valence-corrected chi connectivity index (χ1v) is 7.22. The van der Waals surface area contributed by atoms with E-state index in [4.69, 9.17) is 0 Å². The molecule has 0 atom stereocenters. The summed E-state index contributed by atoms with van der Waals surface area (Å²) < 4.78 is 0. The monoisotopic (exact) mass is 282 g/mol. The van der Waals surface area contributed by atoms with Crippen molar-refractivity contribution in [2.24, 2.45) is 0 Å². The molecule has 0 saturated carbocycles. The highest BCUT2D eigenvalue weighted by molar-refractivity contribution is 5.92. The number of nitrogens with one attached hydrogen (secondary N) is 1. The number of nitrogens with zero attached hydrogens (tertiary/aromatic N) is 3. The first kappa shape index (κ1) is 13.5. The number of rotatable bonds is 4. The molecule has 5 nitrogen and oxygen atoms in total. The Balaban J connectivity index is 1.63. The molecule has 3 heterocycles. The van der Waals surface area contributed by atoms with Gasteiger partial charge in [-0.25, -0.2) is 4.98 Å². The average molecular weight is 282 g/mol. The predicted molar refractivity (Wildman–Crippen MR) is 81.1 cm³/mol. The van der Waals surface area contributed by atoms with Crippen molar-refractivity contribution >= 4 is 11.7 Å². The first-order valence-electron chi connectivity index (χ1n) is 7.22. The fourth-order valence-corrected chi connectivity index (χ4v) is 2.46. The van der Waals surface area contributed by atoms with Gasteiger partial charge in [-0.2, -0.15) is 0 Å². The summed E-state index contributed by atoms with van der Waals surface area (Å²) in [5.74, 6) is 0.840. The molecular formula is C16H18N4O. The summed E-state index contributed by atoms with van der Waals surface area (Å²) in [6.45, 7) is 2.62. The first-order chi connectivity index (χ1) is 10.3. The van der Waals surface area contributed by atoms with Crippen LogP contribution in [0.25, 0.3) is 0 Å². The van der Waals surface area contributed by atoms with E-state index in [-0.39, 0.29) is 5.91 Å². The van der Waals surface area contributed by atoms with Crippen molar-refractivity contribution in [1.82, 2.24) is 15.3 Å². The topological polar surface area (TPSA) is 58.1 Å². The van der Waals surface area contributed by atoms with Gasteiger partial charge in [0.25, 0.3) is 5.91 Å². The highest BCUT2D eigenvalue weighted by atomic mass is 16.1. The summed E-state index contributed by atoms with van der Waals surface area (Å²) in [5.41, 5.74) is 1.49. The molecule has 2 aromatic rings. The Kier molecular flexibility index (Phi) is 4.09. The van der Waals surface area contributed by atoms with E-state index in [1.165, 1.54) is 12.8 Å². The molecule has 1 aliphatic rings. The zero-order valence-electron chi connectivity index (χ0n) is 11.8. The summed E-state index contributed by atoms with van der Waals surface area (Å²) in [5, 5.41) is 2.89. The minimum Gasteiger partial charge on any atom is -0.357 e. The van der Waals surface area contributed by atoms with Gasteiger partial charge in [0.2, 0.25) is 0 Å². The van der Waals surface area contributed by atoms with Crippen LogP contribution in [-0.2, 0) is 6.54 Å². The molecule has 0 unspecified atom stereocenters. The molecule has 5 heteroatoms. The summed E-state index contributed by atoms with van der Waals surface area (Å²) in [4.78, 5) is 22.7. The average Bonchev–Trinajstić information content (AvgIpc) is 3.08. The van der Waals surface area contributed by atoms with Gasteiger partial charge >= 0.3 is 0 Å². The van der Waals surface area contributed by atoms with Gasteiger partial charge in [0.15, 0.2) is 0 Å². The van der Waals surface area contributed by atoms with E-state index in [2.05, 4.69) is 20.2 Å². The molecular weight excluding hydrogens is 264 g/mol. The van der Waals surface area contributed by atoms with Crippen molar-refractivity contribution in [1.29, 1.82) is 0 Å². The second-order valence-corrected chi connectivity index (χ2v) is 5.11. The maximum absolute atomic E-state index is 12.0. The molecule has 0 aliphatic carbocycles. The van der Waals surface area contributed by atoms with E-state index in [0.717, 1.165) is 24.5 Å². The molecule has 0 spiro atoms.